The molecule has 2 N–H and O–H groups in total. The van der Waals surface area contributed by atoms with Crippen LogP contribution in [0.25, 0.3) is 32.9 Å². The molecule has 2 aliphatic heterocycles. The summed E-state index contributed by atoms with van der Waals surface area (Å²) in [5.41, 5.74) is -0.195. The van der Waals surface area contributed by atoms with E-state index >= 15 is 8.78 Å². The van der Waals surface area contributed by atoms with Gasteiger partial charge in [-0.1, -0.05) is 19.4 Å². The number of hydrogen-bond donors (Lipinski definition) is 2. The number of piperidine rings is 1. The Morgan fingerprint density at radius 1 is 1.12 bits per heavy atom. The molecular weight excluding hydrogens is 650 g/mol. The minimum absolute atomic E-state index is 0.0148. The Morgan fingerprint density at radius 2 is 1.94 bits per heavy atom. The van der Waals surface area contributed by atoms with Gasteiger partial charge in [0, 0.05) is 42.7 Å². The second-order valence-electron chi connectivity index (χ2n) is 15.7. The Labute approximate surface area is 297 Å². The summed E-state index contributed by atoms with van der Waals surface area (Å²) < 4.78 is 37.9. The monoisotopic (exact) mass is 696 g/mol. The molecule has 2 saturated heterocycles. The maximum atomic E-state index is 17.1. The molecule has 0 amide bonds. The maximum Gasteiger partial charge on any atom is 0.175 e. The second-order valence-corrected chi connectivity index (χ2v) is 15.7. The minimum Gasteiger partial charge on any atom is -0.508 e. The molecule has 8 rings (SSSR count). The highest BCUT2D eigenvalue weighted by molar-refractivity contribution is 6.01. The van der Waals surface area contributed by atoms with Gasteiger partial charge in [-0.25, -0.2) is 18.7 Å². The summed E-state index contributed by atoms with van der Waals surface area (Å²) in [5.74, 6) is 0.0781. The Morgan fingerprint density at radius 3 is 2.75 bits per heavy atom. The maximum absolute atomic E-state index is 17.1. The van der Waals surface area contributed by atoms with E-state index in [9.17, 15) is 15.5 Å². The van der Waals surface area contributed by atoms with Crippen LogP contribution in [0.4, 0.5) is 14.6 Å². The molecule has 4 fully saturated rings. The van der Waals surface area contributed by atoms with Gasteiger partial charge in [0.05, 0.1) is 31.2 Å². The van der Waals surface area contributed by atoms with E-state index in [2.05, 4.69) is 16.0 Å². The largest absolute Gasteiger partial charge is 0.508 e. The fourth-order valence-electron chi connectivity index (χ4n) is 9.72. The minimum atomic E-state index is -1.14. The van der Waals surface area contributed by atoms with Crippen molar-refractivity contribution < 1.29 is 23.7 Å². The second kappa shape index (κ2) is 13.2. The molecule has 4 aliphatic rings. The van der Waals surface area contributed by atoms with E-state index in [4.69, 9.17) is 14.7 Å². The highest BCUT2D eigenvalue weighted by atomic mass is 19.1. The number of nitriles is 1. The standard InChI is InChI=1S/C40H46F2N6O3/c1-3-28-31(41)8-7-25-18-27(49)19-29(34(25)28)36-35(42)37-30(21-44-36)38(47-14-15-51-23-39(2,50)22-47)46-33(45-37)9-12-40-10-4-6-32(40)48(13-5-11-40)26-16-24(17-26)20-43/h7-8,18-19,21,24,26,32,49-50H,3-6,9-17,22-23H2,1-2H3. The van der Waals surface area contributed by atoms with Crippen molar-refractivity contribution in [2.75, 3.05) is 37.7 Å². The van der Waals surface area contributed by atoms with Crippen LogP contribution in [-0.4, -0.2) is 80.6 Å². The zero-order chi connectivity index (χ0) is 35.5. The first-order valence-electron chi connectivity index (χ1n) is 18.6. The first-order chi connectivity index (χ1) is 24.6. The van der Waals surface area contributed by atoms with Crippen molar-refractivity contribution in [1.29, 1.82) is 5.26 Å². The van der Waals surface area contributed by atoms with Gasteiger partial charge in [-0.2, -0.15) is 5.26 Å². The Bertz CT molecular complexity index is 2030. The first kappa shape index (κ1) is 34.1. The molecule has 0 spiro atoms. The quantitative estimate of drug-likeness (QED) is 0.214. The number of benzene rings is 2. The number of aromatic nitrogens is 3. The number of aryl methyl sites for hydroxylation is 2. The highest BCUT2D eigenvalue weighted by Crippen LogP contribution is 2.53. The van der Waals surface area contributed by atoms with Crippen LogP contribution >= 0.6 is 0 Å². The van der Waals surface area contributed by atoms with Crippen molar-refractivity contribution >= 4 is 27.5 Å². The summed E-state index contributed by atoms with van der Waals surface area (Å²) in [6.45, 7) is 5.89. The number of fused-ring (bicyclic) bond motifs is 3. The first-order valence-corrected chi connectivity index (χ1v) is 18.6. The summed E-state index contributed by atoms with van der Waals surface area (Å²) in [6.07, 6.45) is 11.0. The van der Waals surface area contributed by atoms with Crippen LogP contribution in [0, 0.1) is 34.3 Å². The van der Waals surface area contributed by atoms with Gasteiger partial charge < -0.3 is 19.8 Å². The lowest BCUT2D eigenvalue weighted by Gasteiger charge is -2.53. The molecule has 0 bridgehead atoms. The van der Waals surface area contributed by atoms with Gasteiger partial charge in [-0.3, -0.25) is 9.88 Å². The SMILES string of the molecule is CCc1c(F)ccc2cc(O)cc(-c3ncc4c(N5CCOCC(C)(O)C5)nc(CCC56CCCC5N(C5CC(C#N)C5)CCC6)nc4c3F)c12. The van der Waals surface area contributed by atoms with Crippen molar-refractivity contribution in [3.05, 3.63) is 53.5 Å². The van der Waals surface area contributed by atoms with Crippen LogP contribution < -0.4 is 4.90 Å². The molecule has 2 aromatic carbocycles. The van der Waals surface area contributed by atoms with E-state index in [0.717, 1.165) is 51.5 Å². The van der Waals surface area contributed by atoms with Crippen LogP contribution in [0.3, 0.4) is 0 Å². The third kappa shape index (κ3) is 6.09. The van der Waals surface area contributed by atoms with Crippen LogP contribution in [-0.2, 0) is 17.6 Å². The molecule has 268 valence electrons. The molecular formula is C40H46F2N6O3. The number of rotatable bonds is 7. The summed E-state index contributed by atoms with van der Waals surface area (Å²) in [4.78, 5) is 19.2. The predicted molar refractivity (Wildman–Crippen MR) is 191 cm³/mol. The molecule has 3 atom stereocenters. The van der Waals surface area contributed by atoms with Gasteiger partial charge in [-0.15, -0.1) is 0 Å². The lowest BCUT2D eigenvalue weighted by Crippen LogP contribution is -2.57. The van der Waals surface area contributed by atoms with Crippen molar-refractivity contribution in [2.24, 2.45) is 11.3 Å². The number of β-amino-alcohol motifs (C(OH)–C–C–N with tert-alkyl or cyclic N) is 1. The van der Waals surface area contributed by atoms with E-state index in [1.54, 1.807) is 25.3 Å². The highest BCUT2D eigenvalue weighted by Gasteiger charge is 2.50. The van der Waals surface area contributed by atoms with Gasteiger partial charge in [-0.05, 0) is 105 Å². The molecule has 51 heavy (non-hydrogen) atoms. The zero-order valence-electron chi connectivity index (χ0n) is 29.5. The number of halogens is 2. The number of pyridine rings is 1. The van der Waals surface area contributed by atoms with Crippen molar-refractivity contribution in [3.8, 4) is 23.1 Å². The predicted octanol–water partition coefficient (Wildman–Crippen LogP) is 6.85. The molecule has 9 nitrogen and oxygen atoms in total. The zero-order valence-corrected chi connectivity index (χ0v) is 29.5. The summed E-state index contributed by atoms with van der Waals surface area (Å²) in [5, 5.41) is 32.7. The smallest absolute Gasteiger partial charge is 0.175 e. The van der Waals surface area contributed by atoms with Crippen LogP contribution in [0.5, 0.6) is 5.75 Å². The number of ether oxygens (including phenoxy) is 1. The fourth-order valence-corrected chi connectivity index (χ4v) is 9.72. The summed E-state index contributed by atoms with van der Waals surface area (Å²) in [7, 11) is 0. The van der Waals surface area contributed by atoms with Gasteiger partial charge >= 0.3 is 0 Å². The number of phenols is 1. The van der Waals surface area contributed by atoms with Crippen molar-refractivity contribution in [3.63, 3.8) is 0 Å². The average Bonchev–Trinajstić information content (AvgIpc) is 3.44. The third-order valence-corrected chi connectivity index (χ3v) is 12.2. The van der Waals surface area contributed by atoms with E-state index in [-0.39, 0.29) is 41.4 Å². The van der Waals surface area contributed by atoms with Crippen molar-refractivity contribution in [2.45, 2.75) is 95.7 Å². The number of phenolic OH excluding ortho intramolecular Hbond substituents is 1. The van der Waals surface area contributed by atoms with E-state index in [0.29, 0.717) is 77.0 Å². The Hall–Kier alpha value is -3.98. The topological polar surface area (TPSA) is 119 Å². The molecule has 2 saturated carbocycles. The molecule has 4 heterocycles. The van der Waals surface area contributed by atoms with Gasteiger partial charge in [0.25, 0.3) is 0 Å². The fraction of sp³-hybridized carbons (Fsp3) is 0.550. The van der Waals surface area contributed by atoms with Crippen molar-refractivity contribution in [1.82, 2.24) is 19.9 Å². The molecule has 0 radical (unpaired) electrons. The van der Waals surface area contributed by atoms with Crippen LogP contribution in [0.15, 0.2) is 30.5 Å². The summed E-state index contributed by atoms with van der Waals surface area (Å²) >= 11 is 0. The Balaban J connectivity index is 1.22. The van der Waals surface area contributed by atoms with E-state index in [1.807, 2.05) is 11.8 Å². The van der Waals surface area contributed by atoms with Gasteiger partial charge in [0.1, 0.15) is 40.0 Å². The van der Waals surface area contributed by atoms with E-state index < -0.39 is 17.2 Å². The average molecular weight is 697 g/mol. The third-order valence-electron chi connectivity index (χ3n) is 12.2. The molecule has 3 unspecified atom stereocenters. The number of aromatic hydroxyl groups is 1. The number of nitrogens with zero attached hydrogens (tertiary/aromatic N) is 6. The molecule has 2 aromatic heterocycles. The van der Waals surface area contributed by atoms with Gasteiger partial charge in [0.15, 0.2) is 5.82 Å². The number of hydrogen-bond acceptors (Lipinski definition) is 9. The molecule has 4 aromatic rings. The number of likely N-dealkylation sites (tertiary alicyclic amines) is 1. The lowest BCUT2D eigenvalue weighted by atomic mass is 9.69. The summed E-state index contributed by atoms with van der Waals surface area (Å²) in [6, 6.07) is 9.35. The van der Waals surface area contributed by atoms with E-state index in [1.165, 1.54) is 18.6 Å². The normalized spacial score (nSPS) is 28.4. The molecule has 2 aliphatic carbocycles. The number of aliphatic hydroxyl groups is 1. The Kier molecular flexibility index (Phi) is 8.84. The lowest BCUT2D eigenvalue weighted by molar-refractivity contribution is -0.0314. The van der Waals surface area contributed by atoms with Crippen LogP contribution in [0.1, 0.15) is 76.6 Å². The van der Waals surface area contributed by atoms with Crippen LogP contribution in [0.2, 0.25) is 0 Å². The van der Waals surface area contributed by atoms with Gasteiger partial charge in [0.2, 0.25) is 0 Å². The number of anilines is 1. The molecule has 11 heteroatoms.